The van der Waals surface area contributed by atoms with Gasteiger partial charge in [0, 0.05) is 18.3 Å². The number of ketones is 1. The van der Waals surface area contributed by atoms with Gasteiger partial charge in [0.15, 0.2) is 0 Å². The molecule has 142 valence electrons. The summed E-state index contributed by atoms with van der Waals surface area (Å²) < 4.78 is 6.56. The van der Waals surface area contributed by atoms with Gasteiger partial charge in [0.25, 0.3) is 0 Å². The number of carbonyl (C=O) groups excluding carboxylic acids is 1. The van der Waals surface area contributed by atoms with Crippen LogP contribution < -0.4 is 0 Å². The van der Waals surface area contributed by atoms with Crippen molar-refractivity contribution in [2.45, 2.75) is 76.4 Å². The van der Waals surface area contributed by atoms with Crippen molar-refractivity contribution in [2.24, 2.45) is 23.2 Å². The first-order valence-electron chi connectivity index (χ1n) is 11.1. The van der Waals surface area contributed by atoms with Gasteiger partial charge in [-0.25, -0.2) is 0 Å². The maximum absolute atomic E-state index is 11.9. The van der Waals surface area contributed by atoms with E-state index < -0.39 is 0 Å². The predicted molar refractivity (Wildman–Crippen MR) is 105 cm³/mol. The zero-order valence-corrected chi connectivity index (χ0v) is 16.4. The molecule has 0 aromatic heterocycles. The van der Waals surface area contributed by atoms with Gasteiger partial charge in [0.2, 0.25) is 0 Å². The fourth-order valence-electron chi connectivity index (χ4n) is 7.75. The average molecular weight is 363 g/mol. The van der Waals surface area contributed by atoms with Crippen LogP contribution in [0.5, 0.6) is 0 Å². The molecule has 1 heterocycles. The summed E-state index contributed by atoms with van der Waals surface area (Å²) in [6.45, 7) is 2.55. The predicted octanol–water partition coefficient (Wildman–Crippen LogP) is 5.78. The van der Waals surface area contributed by atoms with Gasteiger partial charge in [-0.2, -0.15) is 0 Å². The standard InChI is InChI=1S/C25H30O2/c1-24-13-11-20-19-10-8-18(26)15-17(19)7-9-21(20)22(24)12-14-25(24)23(27-25)16-5-3-2-4-6-16/h2-6,17,21-23H,7-15H2,1H3/t17?,21-,22+,23?,24+,25?/m1/s1. The zero-order chi connectivity index (χ0) is 18.2. The summed E-state index contributed by atoms with van der Waals surface area (Å²) in [5, 5.41) is 0. The Morgan fingerprint density at radius 3 is 2.67 bits per heavy atom. The molecule has 27 heavy (non-hydrogen) atoms. The van der Waals surface area contributed by atoms with E-state index in [-0.39, 0.29) is 5.60 Å². The summed E-state index contributed by atoms with van der Waals surface area (Å²) in [6, 6.07) is 10.9. The van der Waals surface area contributed by atoms with Crippen LogP contribution in [-0.4, -0.2) is 11.4 Å². The van der Waals surface area contributed by atoms with E-state index in [1.165, 1.54) is 44.1 Å². The summed E-state index contributed by atoms with van der Waals surface area (Å²) in [5.74, 6) is 2.64. The Bertz CT molecular complexity index is 824. The minimum Gasteiger partial charge on any atom is -0.360 e. The van der Waals surface area contributed by atoms with Crippen molar-refractivity contribution in [3.63, 3.8) is 0 Å². The van der Waals surface area contributed by atoms with Crippen LogP contribution in [-0.2, 0) is 9.53 Å². The molecule has 3 unspecified atom stereocenters. The van der Waals surface area contributed by atoms with Gasteiger partial charge < -0.3 is 4.74 Å². The Hall–Kier alpha value is -1.41. The number of carbonyl (C=O) groups is 1. The summed E-state index contributed by atoms with van der Waals surface area (Å²) in [6.07, 6.45) is 10.6. The number of epoxide rings is 1. The SMILES string of the molecule is C[C@]12CCC3=C4CCC(=O)CC4CC[C@H]3[C@@H]1CCC21OC1c1ccccc1. The van der Waals surface area contributed by atoms with Crippen LogP contribution >= 0.6 is 0 Å². The molecule has 1 aromatic rings. The van der Waals surface area contributed by atoms with Gasteiger partial charge in [0.05, 0.1) is 0 Å². The number of fused-ring (bicyclic) bond motifs is 5. The van der Waals surface area contributed by atoms with Crippen LogP contribution in [0.15, 0.2) is 41.5 Å². The van der Waals surface area contributed by atoms with Gasteiger partial charge in [-0.05, 0) is 68.3 Å². The molecule has 0 N–H and O–H groups in total. The molecule has 1 saturated heterocycles. The maximum atomic E-state index is 11.9. The van der Waals surface area contributed by atoms with E-state index >= 15 is 0 Å². The lowest BCUT2D eigenvalue weighted by Gasteiger charge is -2.50. The highest BCUT2D eigenvalue weighted by molar-refractivity contribution is 5.80. The first-order chi connectivity index (χ1) is 13.1. The maximum Gasteiger partial charge on any atom is 0.133 e. The topological polar surface area (TPSA) is 29.6 Å². The Morgan fingerprint density at radius 1 is 0.963 bits per heavy atom. The molecule has 5 aliphatic rings. The molecule has 4 fully saturated rings. The van der Waals surface area contributed by atoms with Crippen molar-refractivity contribution in [1.29, 1.82) is 0 Å². The lowest BCUT2D eigenvalue weighted by molar-refractivity contribution is -0.120. The third-order valence-corrected chi connectivity index (χ3v) is 9.13. The molecular weight excluding hydrogens is 332 g/mol. The smallest absolute Gasteiger partial charge is 0.133 e. The second-order valence-electron chi connectivity index (χ2n) is 10.0. The van der Waals surface area contributed by atoms with E-state index in [0.29, 0.717) is 23.2 Å². The van der Waals surface area contributed by atoms with E-state index in [9.17, 15) is 4.79 Å². The lowest BCUT2D eigenvalue weighted by atomic mass is 9.54. The van der Waals surface area contributed by atoms with Crippen molar-refractivity contribution in [3.05, 3.63) is 47.0 Å². The quantitative estimate of drug-likeness (QED) is 0.468. The van der Waals surface area contributed by atoms with Gasteiger partial charge in [-0.1, -0.05) is 48.4 Å². The monoisotopic (exact) mass is 362 g/mol. The molecule has 4 aliphatic carbocycles. The van der Waals surface area contributed by atoms with Crippen molar-refractivity contribution in [1.82, 2.24) is 0 Å². The molecular formula is C25H30O2. The summed E-state index contributed by atoms with van der Waals surface area (Å²) in [7, 11) is 0. The molecule has 0 amide bonds. The van der Waals surface area contributed by atoms with E-state index in [0.717, 1.165) is 31.1 Å². The second-order valence-corrected chi connectivity index (χ2v) is 10.0. The fraction of sp³-hybridized carbons (Fsp3) is 0.640. The van der Waals surface area contributed by atoms with E-state index in [1.807, 2.05) is 0 Å². The van der Waals surface area contributed by atoms with Crippen molar-refractivity contribution in [3.8, 4) is 0 Å². The number of benzene rings is 1. The van der Waals surface area contributed by atoms with Crippen LogP contribution in [0.4, 0.5) is 0 Å². The highest BCUT2D eigenvalue weighted by Gasteiger charge is 2.73. The summed E-state index contributed by atoms with van der Waals surface area (Å²) in [4.78, 5) is 11.9. The molecule has 2 nitrogen and oxygen atoms in total. The van der Waals surface area contributed by atoms with Crippen LogP contribution in [0.1, 0.15) is 76.4 Å². The first kappa shape index (κ1) is 16.5. The molecule has 0 bridgehead atoms. The Balaban J connectivity index is 1.32. The van der Waals surface area contributed by atoms with Gasteiger partial charge in [-0.15, -0.1) is 0 Å². The van der Waals surface area contributed by atoms with Gasteiger partial charge in [-0.3, -0.25) is 4.79 Å². The number of hydrogen-bond acceptors (Lipinski definition) is 2. The average Bonchev–Trinajstić information content (AvgIpc) is 3.36. The van der Waals surface area contributed by atoms with Gasteiger partial charge >= 0.3 is 0 Å². The van der Waals surface area contributed by atoms with E-state index in [4.69, 9.17) is 4.74 Å². The number of Topliss-reactive ketones (excluding diaryl/α,β-unsaturated/α-hetero) is 1. The third kappa shape index (κ3) is 2.14. The molecule has 6 atom stereocenters. The Morgan fingerprint density at radius 2 is 1.81 bits per heavy atom. The Labute approximate surface area is 162 Å². The molecule has 1 spiro atoms. The lowest BCUT2D eigenvalue weighted by Crippen LogP contribution is -2.44. The number of rotatable bonds is 1. The Kier molecular flexibility index (Phi) is 3.41. The van der Waals surface area contributed by atoms with Crippen LogP contribution in [0, 0.1) is 23.2 Å². The minimum absolute atomic E-state index is 0.0919. The normalized spacial score (nSPS) is 45.4. The zero-order valence-electron chi connectivity index (χ0n) is 16.4. The van der Waals surface area contributed by atoms with Crippen molar-refractivity contribution in [2.75, 3.05) is 0 Å². The third-order valence-electron chi connectivity index (χ3n) is 9.13. The molecule has 1 aromatic carbocycles. The number of ether oxygens (including phenoxy) is 1. The van der Waals surface area contributed by atoms with E-state index in [1.54, 1.807) is 11.1 Å². The number of hydrogen-bond donors (Lipinski definition) is 0. The largest absolute Gasteiger partial charge is 0.360 e. The highest BCUT2D eigenvalue weighted by atomic mass is 16.6. The molecule has 1 aliphatic heterocycles. The highest BCUT2D eigenvalue weighted by Crippen LogP contribution is 2.74. The summed E-state index contributed by atoms with van der Waals surface area (Å²) >= 11 is 0. The molecule has 2 heteroatoms. The number of allylic oxidation sites excluding steroid dienone is 2. The molecule has 3 saturated carbocycles. The summed E-state index contributed by atoms with van der Waals surface area (Å²) in [5.41, 5.74) is 5.28. The van der Waals surface area contributed by atoms with E-state index in [2.05, 4.69) is 37.3 Å². The van der Waals surface area contributed by atoms with Crippen LogP contribution in [0.3, 0.4) is 0 Å². The minimum atomic E-state index is 0.0919. The molecule has 6 rings (SSSR count). The van der Waals surface area contributed by atoms with Crippen molar-refractivity contribution >= 4 is 5.78 Å². The van der Waals surface area contributed by atoms with Crippen LogP contribution in [0.25, 0.3) is 0 Å². The van der Waals surface area contributed by atoms with Crippen LogP contribution in [0.2, 0.25) is 0 Å². The fourth-order valence-corrected chi connectivity index (χ4v) is 7.75. The van der Waals surface area contributed by atoms with Gasteiger partial charge in [0.1, 0.15) is 17.5 Å². The first-order valence-corrected chi connectivity index (χ1v) is 11.1. The second kappa shape index (κ2) is 5.56. The molecule has 0 radical (unpaired) electrons. The van der Waals surface area contributed by atoms with Crippen molar-refractivity contribution < 1.29 is 9.53 Å².